The highest BCUT2D eigenvalue weighted by Crippen LogP contribution is 2.45. The second-order valence-electron chi connectivity index (χ2n) is 9.17. The van der Waals surface area contributed by atoms with Crippen molar-refractivity contribution in [2.24, 2.45) is 0 Å². The number of phenols is 1. The van der Waals surface area contributed by atoms with Gasteiger partial charge < -0.3 is 33.9 Å². The van der Waals surface area contributed by atoms with E-state index in [0.717, 1.165) is 4.90 Å². The summed E-state index contributed by atoms with van der Waals surface area (Å²) in [4.78, 5) is 27.4. The zero-order valence-corrected chi connectivity index (χ0v) is 19.5. The van der Waals surface area contributed by atoms with Crippen molar-refractivity contribution in [1.29, 1.82) is 0 Å². The number of benzene rings is 1. The molecule has 2 fully saturated rings. The standard InChI is InChI=1S/C24H32N2O7/c1-16(27)32-23-21(26-10-14-31-15-11-26)20-18(33-24(23,2)3)6-4-17(22(20)29)5-7-19(28)25-8-12-30-13-9-25/h4-7,21,23,29H,8-15H2,1-3H3/p+1/b7-5+/t21-,23+/m0/s1. The third kappa shape index (κ3) is 5.00. The van der Waals surface area contributed by atoms with Crippen molar-refractivity contribution >= 4 is 18.0 Å². The minimum Gasteiger partial charge on any atom is -0.507 e. The number of fused-ring (bicyclic) bond motifs is 1. The van der Waals surface area contributed by atoms with Crippen molar-refractivity contribution in [3.05, 3.63) is 29.3 Å². The van der Waals surface area contributed by atoms with Crippen LogP contribution in [0.2, 0.25) is 0 Å². The summed E-state index contributed by atoms with van der Waals surface area (Å²) in [6, 6.07) is 3.22. The highest BCUT2D eigenvalue weighted by Gasteiger charge is 2.52. The lowest BCUT2D eigenvalue weighted by molar-refractivity contribution is -0.944. The first-order valence-corrected chi connectivity index (χ1v) is 11.5. The lowest BCUT2D eigenvalue weighted by Crippen LogP contribution is -3.16. The van der Waals surface area contributed by atoms with Crippen LogP contribution in [0.5, 0.6) is 11.5 Å². The summed E-state index contributed by atoms with van der Waals surface area (Å²) < 4.78 is 22.8. The molecule has 1 amide bonds. The number of phenolic OH excluding ortho intramolecular Hbond substituents is 1. The summed E-state index contributed by atoms with van der Waals surface area (Å²) in [5.74, 6) is 0.0714. The smallest absolute Gasteiger partial charge is 0.303 e. The fourth-order valence-electron chi connectivity index (χ4n) is 4.83. The number of carbonyl (C=O) groups is 2. The number of nitrogens with zero attached hydrogens (tertiary/aromatic N) is 1. The Morgan fingerprint density at radius 1 is 1.15 bits per heavy atom. The Hall–Kier alpha value is -2.62. The van der Waals surface area contributed by atoms with E-state index in [-0.39, 0.29) is 17.7 Å². The molecule has 0 spiro atoms. The molecule has 0 unspecified atom stereocenters. The third-order valence-corrected chi connectivity index (χ3v) is 6.48. The van der Waals surface area contributed by atoms with Gasteiger partial charge in [0, 0.05) is 31.7 Å². The van der Waals surface area contributed by atoms with Crippen LogP contribution in [-0.4, -0.2) is 86.2 Å². The Morgan fingerprint density at radius 3 is 2.48 bits per heavy atom. The Balaban J connectivity index is 1.70. The monoisotopic (exact) mass is 461 g/mol. The van der Waals surface area contributed by atoms with Crippen LogP contribution in [0.3, 0.4) is 0 Å². The molecule has 0 aromatic heterocycles. The Kier molecular flexibility index (Phi) is 6.92. The van der Waals surface area contributed by atoms with Crippen LogP contribution >= 0.6 is 0 Å². The minimum atomic E-state index is -0.787. The van der Waals surface area contributed by atoms with E-state index >= 15 is 0 Å². The van der Waals surface area contributed by atoms with Crippen molar-refractivity contribution in [2.45, 2.75) is 38.5 Å². The number of quaternary nitrogens is 1. The van der Waals surface area contributed by atoms with Gasteiger partial charge in [0.2, 0.25) is 5.91 Å². The molecule has 0 saturated carbocycles. The molecule has 1 aromatic carbocycles. The number of hydrogen-bond donors (Lipinski definition) is 2. The second-order valence-corrected chi connectivity index (χ2v) is 9.17. The molecule has 180 valence electrons. The van der Waals surface area contributed by atoms with Crippen LogP contribution in [0, 0.1) is 0 Å². The van der Waals surface area contributed by atoms with E-state index in [4.69, 9.17) is 18.9 Å². The number of nitrogens with one attached hydrogen (secondary N) is 1. The molecule has 2 N–H and O–H groups in total. The second kappa shape index (κ2) is 9.70. The summed E-state index contributed by atoms with van der Waals surface area (Å²) in [6.07, 6.45) is 2.50. The molecule has 9 heteroatoms. The largest absolute Gasteiger partial charge is 0.507 e. The number of ether oxygens (including phenoxy) is 4. The molecular weight excluding hydrogens is 428 g/mol. The van der Waals surface area contributed by atoms with Crippen LogP contribution in [0.1, 0.15) is 37.9 Å². The molecule has 1 aromatic rings. The predicted molar refractivity (Wildman–Crippen MR) is 119 cm³/mol. The van der Waals surface area contributed by atoms with Gasteiger partial charge in [0.25, 0.3) is 0 Å². The van der Waals surface area contributed by atoms with Gasteiger partial charge in [-0.25, -0.2) is 0 Å². The fraction of sp³-hybridized carbons (Fsp3) is 0.583. The summed E-state index contributed by atoms with van der Waals surface area (Å²) >= 11 is 0. The molecule has 3 aliphatic heterocycles. The molecule has 0 bridgehead atoms. The van der Waals surface area contributed by atoms with Gasteiger partial charge in [-0.1, -0.05) is 0 Å². The van der Waals surface area contributed by atoms with Gasteiger partial charge >= 0.3 is 5.97 Å². The number of carbonyl (C=O) groups excluding carboxylic acids is 2. The van der Waals surface area contributed by atoms with Crippen molar-refractivity contribution in [3.63, 3.8) is 0 Å². The lowest BCUT2D eigenvalue weighted by Gasteiger charge is -2.46. The Morgan fingerprint density at radius 2 is 1.82 bits per heavy atom. The maximum Gasteiger partial charge on any atom is 0.303 e. The van der Waals surface area contributed by atoms with Gasteiger partial charge in [-0.05, 0) is 32.1 Å². The number of aromatic hydroxyl groups is 1. The van der Waals surface area contributed by atoms with E-state index in [1.54, 1.807) is 17.0 Å². The van der Waals surface area contributed by atoms with Crippen molar-refractivity contribution < 1.29 is 38.5 Å². The molecule has 0 radical (unpaired) electrons. The lowest BCUT2D eigenvalue weighted by atomic mass is 9.83. The van der Waals surface area contributed by atoms with E-state index in [9.17, 15) is 14.7 Å². The van der Waals surface area contributed by atoms with Crippen LogP contribution in [0.4, 0.5) is 0 Å². The zero-order valence-electron chi connectivity index (χ0n) is 19.5. The first-order valence-electron chi connectivity index (χ1n) is 11.5. The van der Waals surface area contributed by atoms with E-state index in [2.05, 4.69) is 0 Å². The number of hydrogen-bond acceptors (Lipinski definition) is 7. The number of morpholine rings is 2. The quantitative estimate of drug-likeness (QED) is 0.492. The Bertz CT molecular complexity index is 918. The number of rotatable bonds is 4. The first kappa shape index (κ1) is 23.5. The Labute approximate surface area is 193 Å². The van der Waals surface area contributed by atoms with Crippen LogP contribution in [-0.2, 0) is 23.8 Å². The van der Waals surface area contributed by atoms with Gasteiger partial charge in [0.05, 0.1) is 32.0 Å². The average Bonchev–Trinajstić information content (AvgIpc) is 2.80. The molecule has 2 atom stereocenters. The molecular formula is C24H33N2O7+. The van der Waals surface area contributed by atoms with Crippen LogP contribution < -0.4 is 9.64 Å². The summed E-state index contributed by atoms with van der Waals surface area (Å²) in [7, 11) is 0. The average molecular weight is 462 g/mol. The van der Waals surface area contributed by atoms with E-state index in [1.165, 1.54) is 13.0 Å². The van der Waals surface area contributed by atoms with Gasteiger partial charge in [-0.15, -0.1) is 0 Å². The highest BCUT2D eigenvalue weighted by atomic mass is 16.6. The minimum absolute atomic E-state index is 0.0372. The molecule has 3 heterocycles. The molecule has 0 aliphatic carbocycles. The third-order valence-electron chi connectivity index (χ3n) is 6.48. The van der Waals surface area contributed by atoms with Gasteiger partial charge in [0.15, 0.2) is 12.1 Å². The topological polar surface area (TPSA) is 99.0 Å². The van der Waals surface area contributed by atoms with Crippen LogP contribution in [0.15, 0.2) is 18.2 Å². The molecule has 33 heavy (non-hydrogen) atoms. The van der Waals surface area contributed by atoms with E-state index in [1.807, 2.05) is 19.9 Å². The highest BCUT2D eigenvalue weighted by molar-refractivity contribution is 5.92. The maximum absolute atomic E-state index is 12.5. The summed E-state index contributed by atoms with van der Waals surface area (Å²) in [5.41, 5.74) is 0.321. The summed E-state index contributed by atoms with van der Waals surface area (Å²) in [6.45, 7) is 9.92. The first-order chi connectivity index (χ1) is 15.8. The molecule has 4 rings (SSSR count). The summed E-state index contributed by atoms with van der Waals surface area (Å²) in [5, 5.41) is 11.3. The maximum atomic E-state index is 12.5. The number of esters is 1. The van der Waals surface area contributed by atoms with E-state index in [0.29, 0.717) is 69.5 Å². The number of amides is 1. The van der Waals surface area contributed by atoms with Gasteiger partial charge in [0.1, 0.15) is 30.2 Å². The molecule has 9 nitrogen and oxygen atoms in total. The van der Waals surface area contributed by atoms with E-state index < -0.39 is 17.7 Å². The fourth-order valence-corrected chi connectivity index (χ4v) is 4.83. The van der Waals surface area contributed by atoms with Crippen molar-refractivity contribution in [1.82, 2.24) is 4.90 Å². The van der Waals surface area contributed by atoms with Crippen LogP contribution in [0.25, 0.3) is 6.08 Å². The van der Waals surface area contributed by atoms with Crippen molar-refractivity contribution in [2.75, 3.05) is 52.6 Å². The van der Waals surface area contributed by atoms with Crippen molar-refractivity contribution in [3.8, 4) is 11.5 Å². The normalized spacial score (nSPS) is 25.4. The molecule has 3 aliphatic rings. The zero-order chi connectivity index (χ0) is 23.6. The SMILES string of the molecule is CC(=O)O[C@@H]1[C@@H]([NH+]2CCOCC2)c2c(ccc(/C=C/C(=O)N3CCOCC3)c2O)OC1(C)C. The molecule has 2 saturated heterocycles. The van der Waals surface area contributed by atoms with Gasteiger partial charge in [-0.2, -0.15) is 0 Å². The predicted octanol–water partition coefficient (Wildman–Crippen LogP) is 0.323. The van der Waals surface area contributed by atoms with Gasteiger partial charge in [-0.3, -0.25) is 9.59 Å².